The van der Waals surface area contributed by atoms with Gasteiger partial charge in [-0.1, -0.05) is 19.8 Å². The first-order chi connectivity index (χ1) is 11.1. The van der Waals surface area contributed by atoms with Crippen LogP contribution in [0.25, 0.3) is 0 Å². The van der Waals surface area contributed by atoms with Crippen LogP contribution in [-0.4, -0.2) is 72.9 Å². The Kier molecular flexibility index (Phi) is 7.80. The van der Waals surface area contributed by atoms with Gasteiger partial charge in [0.25, 0.3) is 0 Å². The van der Waals surface area contributed by atoms with Gasteiger partial charge in [-0.2, -0.15) is 0 Å². The molecule has 1 saturated carbocycles. The standard InChI is InChI=1S/C18H34N2O3/c1-3-23-14-17(21)13-19-7-9-20(10-8-19)18(22)12-16-6-4-5-15(2)11-16/h15-17,21H,3-14H2,1-2H3/t15-,16-,17+/m0/s1. The van der Waals surface area contributed by atoms with Gasteiger partial charge in [0.2, 0.25) is 5.91 Å². The van der Waals surface area contributed by atoms with Crippen LogP contribution in [0.3, 0.4) is 0 Å². The molecular weight excluding hydrogens is 292 g/mol. The molecule has 2 aliphatic rings. The third-order valence-corrected chi connectivity index (χ3v) is 5.22. The Morgan fingerprint density at radius 1 is 1.26 bits per heavy atom. The lowest BCUT2D eigenvalue weighted by molar-refractivity contribution is -0.134. The zero-order valence-electron chi connectivity index (χ0n) is 14.9. The van der Waals surface area contributed by atoms with Crippen LogP contribution in [-0.2, 0) is 9.53 Å². The van der Waals surface area contributed by atoms with Crippen molar-refractivity contribution in [2.24, 2.45) is 11.8 Å². The van der Waals surface area contributed by atoms with E-state index in [1.807, 2.05) is 11.8 Å². The van der Waals surface area contributed by atoms with E-state index >= 15 is 0 Å². The number of amides is 1. The fourth-order valence-electron chi connectivity index (χ4n) is 3.91. The molecule has 0 aromatic carbocycles. The van der Waals surface area contributed by atoms with E-state index in [1.54, 1.807) is 0 Å². The molecule has 3 atom stereocenters. The van der Waals surface area contributed by atoms with Crippen molar-refractivity contribution in [3.05, 3.63) is 0 Å². The summed E-state index contributed by atoms with van der Waals surface area (Å²) >= 11 is 0. The summed E-state index contributed by atoms with van der Waals surface area (Å²) in [4.78, 5) is 16.7. The molecule has 0 radical (unpaired) electrons. The molecule has 1 amide bonds. The van der Waals surface area contributed by atoms with Crippen molar-refractivity contribution in [2.45, 2.75) is 52.1 Å². The molecule has 2 rings (SSSR count). The Balaban J connectivity index is 1.66. The highest BCUT2D eigenvalue weighted by molar-refractivity contribution is 5.76. The maximum Gasteiger partial charge on any atom is 0.222 e. The Hall–Kier alpha value is -0.650. The largest absolute Gasteiger partial charge is 0.389 e. The van der Waals surface area contributed by atoms with Crippen LogP contribution in [0.15, 0.2) is 0 Å². The minimum absolute atomic E-state index is 0.332. The molecule has 0 bridgehead atoms. The summed E-state index contributed by atoms with van der Waals surface area (Å²) < 4.78 is 5.25. The van der Waals surface area contributed by atoms with E-state index in [4.69, 9.17) is 4.74 Å². The summed E-state index contributed by atoms with van der Waals surface area (Å²) in [5, 5.41) is 9.90. The highest BCUT2D eigenvalue weighted by Gasteiger charge is 2.26. The van der Waals surface area contributed by atoms with Gasteiger partial charge in [0.05, 0.1) is 12.7 Å². The molecule has 0 unspecified atom stereocenters. The molecule has 0 aromatic heterocycles. The van der Waals surface area contributed by atoms with E-state index in [9.17, 15) is 9.90 Å². The first kappa shape index (κ1) is 18.7. The van der Waals surface area contributed by atoms with Gasteiger partial charge in [-0.25, -0.2) is 0 Å². The van der Waals surface area contributed by atoms with E-state index in [-0.39, 0.29) is 0 Å². The molecule has 1 saturated heterocycles. The van der Waals surface area contributed by atoms with Gasteiger partial charge in [-0.05, 0) is 31.6 Å². The van der Waals surface area contributed by atoms with Crippen molar-refractivity contribution in [2.75, 3.05) is 45.9 Å². The summed E-state index contributed by atoms with van der Waals surface area (Å²) in [6.45, 7) is 9.22. The highest BCUT2D eigenvalue weighted by atomic mass is 16.5. The smallest absolute Gasteiger partial charge is 0.222 e. The first-order valence-electron chi connectivity index (χ1n) is 9.34. The SMILES string of the molecule is CCOC[C@H](O)CN1CCN(C(=O)C[C@H]2CCC[C@H](C)C2)CC1. The second-order valence-corrected chi connectivity index (χ2v) is 7.34. The number of carbonyl (C=O) groups excluding carboxylic acids is 1. The van der Waals surface area contributed by atoms with Crippen LogP contribution in [0.4, 0.5) is 0 Å². The second kappa shape index (κ2) is 9.60. The quantitative estimate of drug-likeness (QED) is 0.774. The molecule has 1 heterocycles. The zero-order chi connectivity index (χ0) is 16.7. The lowest BCUT2D eigenvalue weighted by atomic mass is 9.80. The number of aliphatic hydroxyl groups is 1. The molecule has 1 aliphatic heterocycles. The van der Waals surface area contributed by atoms with Crippen LogP contribution in [0.1, 0.15) is 46.0 Å². The van der Waals surface area contributed by atoms with Crippen LogP contribution in [0.2, 0.25) is 0 Å². The van der Waals surface area contributed by atoms with E-state index < -0.39 is 6.10 Å². The lowest BCUT2D eigenvalue weighted by Crippen LogP contribution is -2.51. The molecule has 1 aliphatic carbocycles. The molecular formula is C18H34N2O3. The van der Waals surface area contributed by atoms with E-state index in [2.05, 4.69) is 11.8 Å². The van der Waals surface area contributed by atoms with Gasteiger partial charge in [0, 0.05) is 45.8 Å². The topological polar surface area (TPSA) is 53.0 Å². The zero-order valence-corrected chi connectivity index (χ0v) is 14.9. The molecule has 0 aromatic rings. The normalized spacial score (nSPS) is 27.9. The lowest BCUT2D eigenvalue weighted by Gasteiger charge is -2.36. The maximum absolute atomic E-state index is 12.5. The number of hydrogen-bond donors (Lipinski definition) is 1. The number of rotatable bonds is 7. The van der Waals surface area contributed by atoms with Crippen molar-refractivity contribution in [1.29, 1.82) is 0 Å². The van der Waals surface area contributed by atoms with Crippen molar-refractivity contribution < 1.29 is 14.6 Å². The molecule has 5 heteroatoms. The number of piperazine rings is 1. The molecule has 5 nitrogen and oxygen atoms in total. The molecule has 0 spiro atoms. The summed E-state index contributed by atoms with van der Waals surface area (Å²) in [5.74, 6) is 1.71. The Labute approximate surface area is 141 Å². The van der Waals surface area contributed by atoms with Crippen molar-refractivity contribution in [3.63, 3.8) is 0 Å². The number of aliphatic hydroxyl groups excluding tert-OH is 1. The number of nitrogens with zero attached hydrogens (tertiary/aromatic N) is 2. The maximum atomic E-state index is 12.5. The minimum Gasteiger partial charge on any atom is -0.389 e. The van der Waals surface area contributed by atoms with E-state index in [0.717, 1.165) is 38.5 Å². The van der Waals surface area contributed by atoms with Crippen LogP contribution in [0.5, 0.6) is 0 Å². The third-order valence-electron chi connectivity index (χ3n) is 5.22. The van der Waals surface area contributed by atoms with Crippen molar-refractivity contribution in [1.82, 2.24) is 9.80 Å². The van der Waals surface area contributed by atoms with Crippen LogP contribution >= 0.6 is 0 Å². The number of β-amino-alcohol motifs (C(OH)–C–C–N with tert-alkyl or cyclic N) is 1. The number of hydrogen-bond acceptors (Lipinski definition) is 4. The summed E-state index contributed by atoms with van der Waals surface area (Å²) in [7, 11) is 0. The van der Waals surface area contributed by atoms with E-state index in [0.29, 0.717) is 31.6 Å². The van der Waals surface area contributed by atoms with Gasteiger partial charge in [0.1, 0.15) is 0 Å². The van der Waals surface area contributed by atoms with E-state index in [1.165, 1.54) is 25.7 Å². The minimum atomic E-state index is -0.430. The predicted octanol–water partition coefficient (Wildman–Crippen LogP) is 1.74. The van der Waals surface area contributed by atoms with Gasteiger partial charge < -0.3 is 14.7 Å². The van der Waals surface area contributed by atoms with Gasteiger partial charge >= 0.3 is 0 Å². The molecule has 134 valence electrons. The summed E-state index contributed by atoms with van der Waals surface area (Å²) in [6, 6.07) is 0. The Morgan fingerprint density at radius 2 is 2.00 bits per heavy atom. The Bertz CT molecular complexity index is 356. The fraction of sp³-hybridized carbons (Fsp3) is 0.944. The second-order valence-electron chi connectivity index (χ2n) is 7.34. The first-order valence-corrected chi connectivity index (χ1v) is 9.34. The average molecular weight is 326 g/mol. The molecule has 1 N–H and O–H groups in total. The van der Waals surface area contributed by atoms with Gasteiger partial charge in [-0.15, -0.1) is 0 Å². The fourth-order valence-corrected chi connectivity index (χ4v) is 3.91. The third kappa shape index (κ3) is 6.40. The van der Waals surface area contributed by atoms with Crippen molar-refractivity contribution in [3.8, 4) is 0 Å². The average Bonchev–Trinajstić information content (AvgIpc) is 2.53. The Morgan fingerprint density at radius 3 is 2.65 bits per heavy atom. The summed E-state index contributed by atoms with van der Waals surface area (Å²) in [5.41, 5.74) is 0. The molecule has 2 fully saturated rings. The van der Waals surface area contributed by atoms with Crippen LogP contribution < -0.4 is 0 Å². The monoisotopic (exact) mass is 326 g/mol. The van der Waals surface area contributed by atoms with Crippen LogP contribution in [0, 0.1) is 11.8 Å². The number of ether oxygens (including phenoxy) is 1. The molecule has 23 heavy (non-hydrogen) atoms. The summed E-state index contributed by atoms with van der Waals surface area (Å²) in [6.07, 6.45) is 5.35. The van der Waals surface area contributed by atoms with Gasteiger partial charge in [-0.3, -0.25) is 9.69 Å². The predicted molar refractivity (Wildman–Crippen MR) is 91.3 cm³/mol. The van der Waals surface area contributed by atoms with Crippen molar-refractivity contribution >= 4 is 5.91 Å². The van der Waals surface area contributed by atoms with Gasteiger partial charge in [0.15, 0.2) is 0 Å². The highest BCUT2D eigenvalue weighted by Crippen LogP contribution is 2.31. The number of carbonyl (C=O) groups is 1.